The van der Waals surface area contributed by atoms with Crippen molar-refractivity contribution in [3.8, 4) is 0 Å². The van der Waals surface area contributed by atoms with Gasteiger partial charge in [-0.15, -0.1) is 0 Å². The van der Waals surface area contributed by atoms with Crippen LogP contribution in [0.4, 0.5) is 18.0 Å². The fourth-order valence-electron chi connectivity index (χ4n) is 1.71. The molecule has 1 atom stereocenters. The van der Waals surface area contributed by atoms with Crippen molar-refractivity contribution >= 4 is 11.8 Å². The monoisotopic (exact) mass is 286 g/mol. The van der Waals surface area contributed by atoms with E-state index in [4.69, 9.17) is 0 Å². The fourth-order valence-corrected chi connectivity index (χ4v) is 1.71. The first-order valence-corrected chi connectivity index (χ1v) is 5.44. The molecule has 0 aromatic heterocycles. The van der Waals surface area contributed by atoms with Crippen molar-refractivity contribution in [2.75, 3.05) is 0 Å². The van der Waals surface area contributed by atoms with Crippen LogP contribution in [0.1, 0.15) is 10.4 Å². The number of halogens is 3. The van der Waals surface area contributed by atoms with Gasteiger partial charge >= 0.3 is 12.2 Å². The number of rotatable bonds is 2. The maximum Gasteiger partial charge on any atom is 0.441 e. The first-order chi connectivity index (χ1) is 9.25. The number of hydrogen-bond acceptors (Lipinski definition) is 3. The minimum atomic E-state index is -5.24. The average Bonchev–Trinajstić information content (AvgIpc) is 2.38. The van der Waals surface area contributed by atoms with Crippen molar-refractivity contribution in [2.45, 2.75) is 11.9 Å². The number of hydrogen-bond donors (Lipinski definition) is 3. The molecule has 3 N–H and O–H groups in total. The Balaban J connectivity index is 2.48. The van der Waals surface area contributed by atoms with Gasteiger partial charge in [-0.25, -0.2) is 4.79 Å². The molecule has 0 bridgehead atoms. The van der Waals surface area contributed by atoms with E-state index in [0.29, 0.717) is 6.20 Å². The highest BCUT2D eigenvalue weighted by atomic mass is 19.4. The van der Waals surface area contributed by atoms with E-state index in [1.165, 1.54) is 29.6 Å². The van der Waals surface area contributed by atoms with Crippen molar-refractivity contribution in [1.29, 1.82) is 0 Å². The summed E-state index contributed by atoms with van der Waals surface area (Å²) in [7, 11) is 0. The largest absolute Gasteiger partial charge is 0.441 e. The number of carbonyl (C=O) groups excluding carboxylic acids is 2. The predicted molar refractivity (Wildman–Crippen MR) is 61.5 cm³/mol. The van der Waals surface area contributed by atoms with Crippen LogP contribution in [0.5, 0.6) is 0 Å². The first-order valence-electron chi connectivity index (χ1n) is 5.44. The number of nitrogens with one attached hydrogen (secondary N) is 2. The molecule has 106 valence electrons. The molecule has 0 saturated heterocycles. The number of benzene rings is 1. The molecule has 1 aromatic carbocycles. The molecule has 5 nitrogen and oxygen atoms in total. The smallest absolute Gasteiger partial charge is 0.360 e. The Morgan fingerprint density at radius 1 is 1.20 bits per heavy atom. The summed E-state index contributed by atoms with van der Waals surface area (Å²) >= 11 is 0. The summed E-state index contributed by atoms with van der Waals surface area (Å²) in [6, 6.07) is 5.87. The van der Waals surface area contributed by atoms with Crippen LogP contribution >= 0.6 is 0 Å². The molecule has 2 rings (SSSR count). The molecule has 0 saturated carbocycles. The molecule has 20 heavy (non-hydrogen) atoms. The second-order valence-corrected chi connectivity index (χ2v) is 4.06. The van der Waals surface area contributed by atoms with Gasteiger partial charge in [-0.2, -0.15) is 13.2 Å². The summed E-state index contributed by atoms with van der Waals surface area (Å²) < 4.78 is 38.8. The topological polar surface area (TPSA) is 78.4 Å². The van der Waals surface area contributed by atoms with E-state index < -0.39 is 29.3 Å². The SMILES string of the molecule is O=C1NC=C(C(=O)c2ccccc2)C(O)(C(F)(F)F)N1. The molecule has 1 unspecified atom stereocenters. The van der Waals surface area contributed by atoms with Gasteiger partial charge in [0.2, 0.25) is 0 Å². The van der Waals surface area contributed by atoms with Crippen molar-refractivity contribution in [3.63, 3.8) is 0 Å². The van der Waals surface area contributed by atoms with Crippen molar-refractivity contribution in [2.24, 2.45) is 0 Å². The van der Waals surface area contributed by atoms with E-state index in [-0.39, 0.29) is 5.56 Å². The number of urea groups is 1. The molecule has 8 heteroatoms. The van der Waals surface area contributed by atoms with E-state index in [1.54, 1.807) is 6.07 Å². The lowest BCUT2D eigenvalue weighted by molar-refractivity contribution is -0.250. The quantitative estimate of drug-likeness (QED) is 0.717. The van der Waals surface area contributed by atoms with Gasteiger partial charge in [0.25, 0.3) is 5.72 Å². The second-order valence-electron chi connectivity index (χ2n) is 4.06. The summed E-state index contributed by atoms with van der Waals surface area (Å²) in [6.07, 6.45) is -4.68. The number of amides is 2. The van der Waals surface area contributed by atoms with Gasteiger partial charge in [0.15, 0.2) is 5.78 Å². The molecular formula is C12H9F3N2O3. The van der Waals surface area contributed by atoms with Gasteiger partial charge in [-0.05, 0) is 0 Å². The zero-order valence-corrected chi connectivity index (χ0v) is 9.86. The maximum atomic E-state index is 12.9. The second kappa shape index (κ2) is 4.64. The summed E-state index contributed by atoms with van der Waals surface area (Å²) in [4.78, 5) is 23.0. The highest BCUT2D eigenvalue weighted by molar-refractivity contribution is 6.11. The van der Waals surface area contributed by atoms with Gasteiger partial charge in [-0.3, -0.25) is 10.1 Å². The van der Waals surface area contributed by atoms with E-state index in [1.807, 2.05) is 5.32 Å². The predicted octanol–water partition coefficient (Wildman–Crippen LogP) is 1.32. The van der Waals surface area contributed by atoms with E-state index in [2.05, 4.69) is 0 Å². The molecule has 1 aliphatic rings. The fraction of sp³-hybridized carbons (Fsp3) is 0.167. The van der Waals surface area contributed by atoms with E-state index in [9.17, 15) is 27.9 Å². The normalized spacial score (nSPS) is 22.6. The Kier molecular flexibility index (Phi) is 3.26. The highest BCUT2D eigenvalue weighted by Crippen LogP contribution is 2.36. The average molecular weight is 286 g/mol. The molecule has 0 spiro atoms. The Morgan fingerprint density at radius 3 is 2.35 bits per heavy atom. The lowest BCUT2D eigenvalue weighted by atomic mass is 9.93. The van der Waals surface area contributed by atoms with E-state index >= 15 is 0 Å². The third-order valence-electron chi connectivity index (χ3n) is 2.72. The molecule has 1 aliphatic heterocycles. The zero-order chi connectivity index (χ0) is 15.0. The lowest BCUT2D eigenvalue weighted by Gasteiger charge is -2.35. The molecule has 1 heterocycles. The Bertz CT molecular complexity index is 583. The molecule has 1 aromatic rings. The van der Waals surface area contributed by atoms with Crippen LogP contribution in [0.25, 0.3) is 0 Å². The minimum absolute atomic E-state index is 0.0422. The number of Topliss-reactive ketones (excluding diaryl/α,β-unsaturated/α-hetero) is 1. The van der Waals surface area contributed by atoms with Crippen molar-refractivity contribution in [3.05, 3.63) is 47.7 Å². The Hall–Kier alpha value is -2.35. The van der Waals surface area contributed by atoms with E-state index in [0.717, 1.165) is 0 Å². The van der Waals surface area contributed by atoms with Crippen LogP contribution in [0.3, 0.4) is 0 Å². The van der Waals surface area contributed by atoms with Crippen LogP contribution in [0, 0.1) is 0 Å². The standard InChI is InChI=1S/C12H9F3N2O3/c13-12(14,15)11(20)8(6-16-10(19)17-11)9(18)7-4-2-1-3-5-7/h1-6,20H,(H2,16,17,19). The number of aliphatic hydroxyl groups is 1. The van der Waals surface area contributed by atoms with Crippen LogP contribution in [0.15, 0.2) is 42.1 Å². The van der Waals surface area contributed by atoms with Crippen LogP contribution < -0.4 is 10.6 Å². The number of carbonyl (C=O) groups is 2. The highest BCUT2D eigenvalue weighted by Gasteiger charge is 2.60. The molecule has 0 radical (unpaired) electrons. The molecular weight excluding hydrogens is 277 g/mol. The summed E-state index contributed by atoms with van der Waals surface area (Å²) in [5.74, 6) is -1.04. The minimum Gasteiger partial charge on any atom is -0.360 e. The summed E-state index contributed by atoms with van der Waals surface area (Å²) in [5, 5.41) is 12.9. The number of ketones is 1. The molecule has 2 amide bonds. The third-order valence-corrected chi connectivity index (χ3v) is 2.72. The van der Waals surface area contributed by atoms with Crippen LogP contribution in [-0.2, 0) is 0 Å². The van der Waals surface area contributed by atoms with Crippen molar-refractivity contribution in [1.82, 2.24) is 10.6 Å². The number of alkyl halides is 3. The zero-order valence-electron chi connectivity index (χ0n) is 9.86. The van der Waals surface area contributed by atoms with Gasteiger partial charge in [0.05, 0.1) is 5.57 Å². The van der Waals surface area contributed by atoms with Gasteiger partial charge in [0.1, 0.15) is 0 Å². The van der Waals surface area contributed by atoms with Crippen LogP contribution in [-0.4, -0.2) is 28.8 Å². The molecule has 0 fully saturated rings. The Labute approximate surface area is 111 Å². The third kappa shape index (κ3) is 2.25. The lowest BCUT2D eigenvalue weighted by Crippen LogP contribution is -2.65. The van der Waals surface area contributed by atoms with Gasteiger partial charge in [-0.1, -0.05) is 30.3 Å². The molecule has 0 aliphatic carbocycles. The Morgan fingerprint density at radius 2 is 1.80 bits per heavy atom. The van der Waals surface area contributed by atoms with Gasteiger partial charge in [0, 0.05) is 11.8 Å². The summed E-state index contributed by atoms with van der Waals surface area (Å²) in [5.41, 5.74) is -4.77. The van der Waals surface area contributed by atoms with Gasteiger partial charge < -0.3 is 10.4 Å². The van der Waals surface area contributed by atoms with Crippen molar-refractivity contribution < 1.29 is 27.9 Å². The first kappa shape index (κ1) is 14.1. The maximum absolute atomic E-state index is 12.9. The van der Waals surface area contributed by atoms with Crippen LogP contribution in [0.2, 0.25) is 0 Å². The summed E-state index contributed by atoms with van der Waals surface area (Å²) in [6.45, 7) is 0.